The topological polar surface area (TPSA) is 78.9 Å². The first-order valence-corrected chi connectivity index (χ1v) is 22.3. The number of unbranched alkanes of at least 4 members (excludes halogenated alkanes) is 23. The Bertz CT molecular complexity index is 781. The van der Waals surface area contributed by atoms with Gasteiger partial charge in [0.05, 0.1) is 0 Å². The predicted molar refractivity (Wildman–Crippen MR) is 215 cm³/mol. The summed E-state index contributed by atoms with van der Waals surface area (Å²) >= 11 is 0. The summed E-state index contributed by atoms with van der Waals surface area (Å²) in [7, 11) is 0. The van der Waals surface area contributed by atoms with Gasteiger partial charge in [-0.1, -0.05) is 202 Å². The molecule has 0 heterocycles. The summed E-state index contributed by atoms with van der Waals surface area (Å²) < 4.78 is 16.6. The van der Waals surface area contributed by atoms with Gasteiger partial charge in [0.15, 0.2) is 6.10 Å². The Morgan fingerprint density at radius 2 is 0.745 bits per heavy atom. The van der Waals surface area contributed by atoms with Crippen LogP contribution in [0, 0.1) is 11.8 Å². The van der Waals surface area contributed by atoms with Crippen LogP contribution in [0.1, 0.15) is 240 Å². The van der Waals surface area contributed by atoms with Gasteiger partial charge in [0.25, 0.3) is 0 Å². The molecule has 302 valence electrons. The normalized spacial score (nSPS) is 12.6. The molecule has 0 fully saturated rings. The van der Waals surface area contributed by atoms with Gasteiger partial charge in [0.1, 0.15) is 13.2 Å². The summed E-state index contributed by atoms with van der Waals surface area (Å²) in [5.41, 5.74) is 0. The second kappa shape index (κ2) is 38.1. The van der Waals surface area contributed by atoms with Gasteiger partial charge in [0.2, 0.25) is 0 Å². The minimum absolute atomic E-state index is 0.0671. The van der Waals surface area contributed by atoms with E-state index in [9.17, 15) is 14.4 Å². The average molecular weight is 723 g/mol. The highest BCUT2D eigenvalue weighted by molar-refractivity contribution is 5.71. The molecule has 6 nitrogen and oxygen atoms in total. The van der Waals surface area contributed by atoms with Crippen molar-refractivity contribution >= 4 is 17.9 Å². The fraction of sp³-hybridized carbons (Fsp3) is 0.933. The second-order valence-electron chi connectivity index (χ2n) is 16.1. The molecule has 0 rings (SSSR count). The van der Waals surface area contributed by atoms with Gasteiger partial charge < -0.3 is 14.2 Å². The smallest absolute Gasteiger partial charge is 0.306 e. The number of rotatable bonds is 39. The molecule has 0 aromatic heterocycles. The zero-order valence-electron chi connectivity index (χ0n) is 34.7. The van der Waals surface area contributed by atoms with Crippen molar-refractivity contribution in [1.29, 1.82) is 0 Å². The van der Waals surface area contributed by atoms with Crippen LogP contribution in [0.3, 0.4) is 0 Å². The number of carbonyl (C=O) groups excluding carboxylic acids is 3. The first-order chi connectivity index (χ1) is 24.8. The summed E-state index contributed by atoms with van der Waals surface area (Å²) in [5.74, 6) is 0.787. The maximum absolute atomic E-state index is 12.7. The average Bonchev–Trinajstić information content (AvgIpc) is 3.11. The van der Waals surface area contributed by atoms with Gasteiger partial charge >= 0.3 is 17.9 Å². The fourth-order valence-corrected chi connectivity index (χ4v) is 6.54. The van der Waals surface area contributed by atoms with Crippen molar-refractivity contribution in [3.8, 4) is 0 Å². The Labute approximate surface area is 317 Å². The van der Waals surface area contributed by atoms with Crippen LogP contribution < -0.4 is 0 Å². The van der Waals surface area contributed by atoms with Crippen LogP contribution in [0.5, 0.6) is 0 Å². The van der Waals surface area contributed by atoms with E-state index in [1.807, 2.05) is 0 Å². The van der Waals surface area contributed by atoms with Crippen molar-refractivity contribution in [2.75, 3.05) is 13.2 Å². The van der Waals surface area contributed by atoms with Crippen LogP contribution >= 0.6 is 0 Å². The molecular weight excluding hydrogens is 636 g/mol. The number of ether oxygens (including phenoxy) is 3. The molecule has 0 aliphatic carbocycles. The van der Waals surface area contributed by atoms with Crippen molar-refractivity contribution in [1.82, 2.24) is 0 Å². The maximum atomic E-state index is 12.7. The molecule has 0 aromatic rings. The molecule has 0 spiro atoms. The van der Waals surface area contributed by atoms with E-state index in [4.69, 9.17) is 14.2 Å². The van der Waals surface area contributed by atoms with E-state index in [0.29, 0.717) is 19.3 Å². The third-order valence-corrected chi connectivity index (χ3v) is 10.3. The highest BCUT2D eigenvalue weighted by Crippen LogP contribution is 2.17. The van der Waals surface area contributed by atoms with E-state index in [2.05, 4.69) is 34.6 Å². The molecule has 0 aliphatic heterocycles. The Morgan fingerprint density at radius 3 is 1.12 bits per heavy atom. The van der Waals surface area contributed by atoms with Crippen molar-refractivity contribution < 1.29 is 28.6 Å². The lowest BCUT2D eigenvalue weighted by molar-refractivity contribution is -0.167. The zero-order chi connectivity index (χ0) is 37.6. The van der Waals surface area contributed by atoms with Gasteiger partial charge in [-0.3, -0.25) is 14.4 Å². The van der Waals surface area contributed by atoms with Crippen molar-refractivity contribution in [3.05, 3.63) is 0 Å². The number of hydrogen-bond donors (Lipinski definition) is 0. The van der Waals surface area contributed by atoms with Gasteiger partial charge in [-0.05, 0) is 31.1 Å². The molecule has 0 amide bonds. The molecule has 0 bridgehead atoms. The lowest BCUT2D eigenvalue weighted by Gasteiger charge is -2.18. The summed E-state index contributed by atoms with van der Waals surface area (Å²) in [5, 5.41) is 0. The van der Waals surface area contributed by atoms with Crippen molar-refractivity contribution in [2.45, 2.75) is 246 Å². The van der Waals surface area contributed by atoms with E-state index in [-0.39, 0.29) is 31.1 Å². The van der Waals surface area contributed by atoms with Crippen LogP contribution in [0.15, 0.2) is 0 Å². The van der Waals surface area contributed by atoms with Crippen LogP contribution in [0.25, 0.3) is 0 Å². The van der Waals surface area contributed by atoms with E-state index in [1.54, 1.807) is 0 Å². The zero-order valence-corrected chi connectivity index (χ0v) is 34.7. The van der Waals surface area contributed by atoms with E-state index in [1.165, 1.54) is 122 Å². The van der Waals surface area contributed by atoms with Crippen LogP contribution in [-0.2, 0) is 28.6 Å². The second-order valence-corrected chi connectivity index (χ2v) is 16.1. The highest BCUT2D eigenvalue weighted by atomic mass is 16.6. The highest BCUT2D eigenvalue weighted by Gasteiger charge is 2.19. The Hall–Kier alpha value is -1.59. The lowest BCUT2D eigenvalue weighted by atomic mass is 10.00. The van der Waals surface area contributed by atoms with Gasteiger partial charge in [-0.2, -0.15) is 0 Å². The Balaban J connectivity index is 4.16. The molecule has 0 N–H and O–H groups in total. The summed E-state index contributed by atoms with van der Waals surface area (Å²) in [6.45, 7) is 11.2. The molecule has 0 saturated carbocycles. The van der Waals surface area contributed by atoms with Crippen LogP contribution in [0.2, 0.25) is 0 Å². The van der Waals surface area contributed by atoms with Gasteiger partial charge in [-0.25, -0.2) is 0 Å². The molecule has 51 heavy (non-hydrogen) atoms. The van der Waals surface area contributed by atoms with Gasteiger partial charge in [-0.15, -0.1) is 0 Å². The monoisotopic (exact) mass is 723 g/mol. The molecule has 0 aliphatic rings. The molecule has 0 aromatic carbocycles. The minimum atomic E-state index is -0.759. The van der Waals surface area contributed by atoms with E-state index < -0.39 is 6.10 Å². The minimum Gasteiger partial charge on any atom is -0.462 e. The summed E-state index contributed by atoms with van der Waals surface area (Å²) in [6.07, 6.45) is 35.5. The molecule has 1 unspecified atom stereocenters. The number of esters is 3. The van der Waals surface area contributed by atoms with Crippen LogP contribution in [-0.4, -0.2) is 37.2 Å². The maximum Gasteiger partial charge on any atom is 0.306 e. The molecule has 2 atom stereocenters. The Kier molecular flexibility index (Phi) is 37.0. The van der Waals surface area contributed by atoms with E-state index >= 15 is 0 Å². The first kappa shape index (κ1) is 49.4. The lowest BCUT2D eigenvalue weighted by Crippen LogP contribution is -2.30. The third kappa shape index (κ3) is 38.0. The quantitative estimate of drug-likeness (QED) is 0.0357. The molecular formula is C45H86O6. The number of hydrogen-bond acceptors (Lipinski definition) is 6. The molecule has 0 saturated heterocycles. The number of carbonyl (C=O) groups is 3. The Morgan fingerprint density at radius 1 is 0.412 bits per heavy atom. The predicted octanol–water partition coefficient (Wildman–Crippen LogP) is 13.8. The standard InChI is InChI=1S/C45H86O6/c1-6-8-9-23-30-35-43(46)49-38-42(39-50-44(47)36-31-26-22-21-25-29-34-41(5)7-2)51-45(48)37-32-27-20-18-16-14-12-10-11-13-15-17-19-24-28-33-40(3)4/h40-42H,6-39H2,1-5H3/t41?,42-/m1/s1. The fourth-order valence-electron chi connectivity index (χ4n) is 6.54. The molecule has 0 radical (unpaired) electrons. The summed E-state index contributed by atoms with van der Waals surface area (Å²) in [4.78, 5) is 37.4. The first-order valence-electron chi connectivity index (χ1n) is 22.3. The van der Waals surface area contributed by atoms with Gasteiger partial charge in [0, 0.05) is 19.3 Å². The summed E-state index contributed by atoms with van der Waals surface area (Å²) in [6, 6.07) is 0. The van der Waals surface area contributed by atoms with Crippen LogP contribution in [0.4, 0.5) is 0 Å². The SMILES string of the molecule is CCCCCCCC(=O)OC[C@H](COC(=O)CCCCCCCCC(C)CC)OC(=O)CCCCCCCCCCCCCCCCCC(C)C. The van der Waals surface area contributed by atoms with Crippen molar-refractivity contribution in [3.63, 3.8) is 0 Å². The molecule has 6 heteroatoms. The van der Waals surface area contributed by atoms with Crippen molar-refractivity contribution in [2.24, 2.45) is 11.8 Å². The third-order valence-electron chi connectivity index (χ3n) is 10.3. The largest absolute Gasteiger partial charge is 0.462 e. The van der Waals surface area contributed by atoms with E-state index in [0.717, 1.165) is 76.0 Å².